The molecule has 31 heavy (non-hydrogen) atoms. The van der Waals surface area contributed by atoms with E-state index in [1.54, 1.807) is 14.2 Å². The first-order valence-corrected chi connectivity index (χ1v) is 11.3. The summed E-state index contributed by atoms with van der Waals surface area (Å²) >= 11 is 1.31. The molecule has 10 heteroatoms. The fourth-order valence-electron chi connectivity index (χ4n) is 3.43. The van der Waals surface area contributed by atoms with E-state index >= 15 is 0 Å². The highest BCUT2D eigenvalue weighted by molar-refractivity contribution is 7.99. The van der Waals surface area contributed by atoms with Crippen LogP contribution in [0.5, 0.6) is 0 Å². The predicted octanol–water partition coefficient (Wildman–Crippen LogP) is 2.98. The Labute approximate surface area is 187 Å². The highest BCUT2D eigenvalue weighted by Crippen LogP contribution is 2.34. The van der Waals surface area contributed by atoms with Crippen molar-refractivity contribution in [2.24, 2.45) is 0 Å². The Morgan fingerprint density at radius 3 is 2.19 bits per heavy atom. The molecule has 0 bridgehead atoms. The second-order valence-electron chi connectivity index (χ2n) is 7.22. The van der Waals surface area contributed by atoms with Crippen LogP contribution in [0, 0.1) is 18.3 Å². The van der Waals surface area contributed by atoms with E-state index in [1.165, 1.54) is 17.3 Å². The minimum absolute atomic E-state index is 0.485. The Kier molecular flexibility index (Phi) is 8.82. The molecular weight excluding hydrogens is 414 g/mol. The van der Waals surface area contributed by atoms with E-state index in [0.717, 1.165) is 43.4 Å². The van der Waals surface area contributed by atoms with Gasteiger partial charge >= 0.3 is 0 Å². The number of ether oxygens (including phenoxy) is 2. The monoisotopic (exact) mass is 443 g/mol. The molecule has 0 radical (unpaired) electrons. The van der Waals surface area contributed by atoms with E-state index in [0.29, 0.717) is 53.9 Å². The minimum atomic E-state index is 0.485. The van der Waals surface area contributed by atoms with E-state index < -0.39 is 0 Å². The van der Waals surface area contributed by atoms with Gasteiger partial charge in [0.25, 0.3) is 0 Å². The number of methoxy groups -OCH3 is 2. The highest BCUT2D eigenvalue weighted by Gasteiger charge is 2.22. The van der Waals surface area contributed by atoms with Gasteiger partial charge in [-0.05, 0) is 61.9 Å². The molecule has 1 aliphatic rings. The van der Waals surface area contributed by atoms with Crippen molar-refractivity contribution in [3.8, 4) is 6.07 Å². The number of pyridine rings is 1. The van der Waals surface area contributed by atoms with Gasteiger partial charge in [-0.1, -0.05) is 0 Å². The van der Waals surface area contributed by atoms with Crippen molar-refractivity contribution in [1.82, 2.24) is 19.9 Å². The second-order valence-corrected chi connectivity index (χ2v) is 8.18. The molecular formula is C21H29N7O2S. The van der Waals surface area contributed by atoms with Crippen molar-refractivity contribution in [2.75, 3.05) is 51.2 Å². The predicted molar refractivity (Wildman–Crippen MR) is 120 cm³/mol. The first-order chi connectivity index (χ1) is 15.2. The maximum atomic E-state index is 9.75. The van der Waals surface area contributed by atoms with Crippen LogP contribution in [0.4, 0.5) is 11.9 Å². The van der Waals surface area contributed by atoms with Crippen LogP contribution in [-0.4, -0.2) is 60.5 Å². The Morgan fingerprint density at radius 1 is 0.968 bits per heavy atom. The molecule has 0 aliphatic heterocycles. The standard InChI is InChI=1S/C21H29N7O2S/c1-14-15-7-4-8-17(15)25-18(16(14)13-22)31-21-27-19(23-9-5-11-29-2)26-20(28-21)24-10-6-12-30-3/h4-12H2,1-3H3,(H2,23,24,26,27,28). The van der Waals surface area contributed by atoms with Crippen LogP contribution >= 0.6 is 11.8 Å². The van der Waals surface area contributed by atoms with Crippen molar-refractivity contribution >= 4 is 23.7 Å². The van der Waals surface area contributed by atoms with E-state index in [2.05, 4.69) is 31.7 Å². The van der Waals surface area contributed by atoms with Crippen molar-refractivity contribution in [1.29, 1.82) is 5.26 Å². The van der Waals surface area contributed by atoms with E-state index in [9.17, 15) is 5.26 Å². The van der Waals surface area contributed by atoms with Gasteiger partial charge in [0.15, 0.2) is 0 Å². The lowest BCUT2D eigenvalue weighted by Crippen LogP contribution is -2.13. The summed E-state index contributed by atoms with van der Waals surface area (Å²) in [6.07, 6.45) is 4.70. The SMILES string of the molecule is COCCCNc1nc(NCCCOC)nc(Sc2nc3c(c(C)c2C#N)CCC3)n1. The average molecular weight is 444 g/mol. The van der Waals surface area contributed by atoms with E-state index in [1.807, 2.05) is 6.92 Å². The smallest absolute Gasteiger partial charge is 0.228 e. The molecule has 2 aromatic heterocycles. The summed E-state index contributed by atoms with van der Waals surface area (Å²) in [6.45, 7) is 4.69. The van der Waals surface area contributed by atoms with Gasteiger partial charge in [-0.2, -0.15) is 20.2 Å². The van der Waals surface area contributed by atoms with Gasteiger partial charge < -0.3 is 20.1 Å². The molecule has 0 saturated carbocycles. The molecule has 0 spiro atoms. The summed E-state index contributed by atoms with van der Waals surface area (Å²) in [4.78, 5) is 18.3. The normalized spacial score (nSPS) is 12.5. The molecule has 9 nitrogen and oxygen atoms in total. The third-order valence-corrected chi connectivity index (χ3v) is 5.85. The molecule has 1 aliphatic carbocycles. The summed E-state index contributed by atoms with van der Waals surface area (Å²) in [5, 5.41) is 17.3. The average Bonchev–Trinajstić information content (AvgIpc) is 3.23. The van der Waals surface area contributed by atoms with Gasteiger partial charge in [-0.3, -0.25) is 0 Å². The van der Waals surface area contributed by atoms with Crippen LogP contribution in [0.1, 0.15) is 41.6 Å². The maximum absolute atomic E-state index is 9.75. The van der Waals surface area contributed by atoms with Gasteiger partial charge in [-0.15, -0.1) is 0 Å². The third kappa shape index (κ3) is 6.26. The van der Waals surface area contributed by atoms with Crippen LogP contribution < -0.4 is 10.6 Å². The third-order valence-electron chi connectivity index (χ3n) is 5.00. The van der Waals surface area contributed by atoms with Crippen LogP contribution in [0.3, 0.4) is 0 Å². The molecule has 2 N–H and O–H groups in total. The largest absolute Gasteiger partial charge is 0.385 e. The second kappa shape index (κ2) is 11.8. The summed E-state index contributed by atoms with van der Waals surface area (Å²) < 4.78 is 10.2. The van der Waals surface area contributed by atoms with Gasteiger partial charge in [0.2, 0.25) is 17.1 Å². The number of rotatable bonds is 12. The number of hydrogen-bond acceptors (Lipinski definition) is 10. The molecule has 166 valence electrons. The fraction of sp³-hybridized carbons (Fsp3) is 0.571. The first kappa shape index (κ1) is 23.2. The van der Waals surface area contributed by atoms with Crippen LogP contribution in [-0.2, 0) is 22.3 Å². The summed E-state index contributed by atoms with van der Waals surface area (Å²) in [5.74, 6) is 0.971. The van der Waals surface area contributed by atoms with Crippen LogP contribution in [0.2, 0.25) is 0 Å². The molecule has 0 saturated heterocycles. The molecule has 0 atom stereocenters. The summed E-state index contributed by atoms with van der Waals surface area (Å²) in [5.41, 5.74) is 3.94. The van der Waals surface area contributed by atoms with Crippen LogP contribution in [0.15, 0.2) is 10.2 Å². The summed E-state index contributed by atoms with van der Waals surface area (Å²) in [6, 6.07) is 2.33. The van der Waals surface area contributed by atoms with E-state index in [4.69, 9.17) is 14.5 Å². The fourth-order valence-corrected chi connectivity index (χ4v) is 4.32. The molecule has 0 fully saturated rings. The molecule has 2 heterocycles. The molecule has 0 amide bonds. The first-order valence-electron chi connectivity index (χ1n) is 10.5. The zero-order valence-corrected chi connectivity index (χ0v) is 19.1. The maximum Gasteiger partial charge on any atom is 0.228 e. The molecule has 2 aromatic rings. The quantitative estimate of drug-likeness (QED) is 0.474. The number of nitrogens with zero attached hydrogens (tertiary/aromatic N) is 5. The van der Waals surface area contributed by atoms with Crippen molar-refractivity contribution in [2.45, 2.75) is 49.2 Å². The zero-order chi connectivity index (χ0) is 22.1. The van der Waals surface area contributed by atoms with Gasteiger partial charge in [0.05, 0.1) is 5.56 Å². The minimum Gasteiger partial charge on any atom is -0.385 e. The lowest BCUT2D eigenvalue weighted by molar-refractivity contribution is 0.197. The van der Waals surface area contributed by atoms with Crippen molar-refractivity contribution in [3.05, 3.63) is 22.4 Å². The zero-order valence-electron chi connectivity index (χ0n) is 18.3. The van der Waals surface area contributed by atoms with Gasteiger partial charge in [0.1, 0.15) is 11.1 Å². The number of hydrogen-bond donors (Lipinski definition) is 2. The lowest BCUT2D eigenvalue weighted by atomic mass is 10.0. The molecule has 0 aromatic carbocycles. The number of aryl methyl sites for hydroxylation is 1. The number of anilines is 2. The number of aromatic nitrogens is 4. The Bertz CT molecular complexity index is 903. The number of fused-ring (bicyclic) bond motifs is 1. The number of nitrogens with one attached hydrogen (secondary N) is 2. The van der Waals surface area contributed by atoms with Crippen LogP contribution in [0.25, 0.3) is 0 Å². The van der Waals surface area contributed by atoms with E-state index in [-0.39, 0.29) is 0 Å². The Balaban J connectivity index is 1.83. The topological polar surface area (TPSA) is 118 Å². The molecule has 0 unspecified atom stereocenters. The number of nitriles is 1. The Morgan fingerprint density at radius 2 is 1.61 bits per heavy atom. The highest BCUT2D eigenvalue weighted by atomic mass is 32.2. The lowest BCUT2D eigenvalue weighted by Gasteiger charge is -2.12. The summed E-state index contributed by atoms with van der Waals surface area (Å²) in [7, 11) is 3.36. The van der Waals surface area contributed by atoms with Gasteiger partial charge in [-0.25, -0.2) is 4.98 Å². The van der Waals surface area contributed by atoms with Crippen molar-refractivity contribution in [3.63, 3.8) is 0 Å². The van der Waals surface area contributed by atoms with Crippen molar-refractivity contribution < 1.29 is 9.47 Å². The molecule has 3 rings (SSSR count). The Hall–Kier alpha value is -2.48. The van der Waals surface area contributed by atoms with Gasteiger partial charge in [0, 0.05) is 46.2 Å².